The van der Waals surface area contributed by atoms with Crippen molar-refractivity contribution < 1.29 is 5.11 Å². The van der Waals surface area contributed by atoms with Crippen LogP contribution >= 0.6 is 11.8 Å². The highest BCUT2D eigenvalue weighted by molar-refractivity contribution is 8.00. The van der Waals surface area contributed by atoms with Crippen molar-refractivity contribution in [3.63, 3.8) is 0 Å². The van der Waals surface area contributed by atoms with Crippen LogP contribution in [-0.2, 0) is 19.4 Å². The van der Waals surface area contributed by atoms with E-state index in [1.807, 2.05) is 0 Å². The van der Waals surface area contributed by atoms with E-state index in [-0.39, 0.29) is 6.10 Å². The fraction of sp³-hybridized carbons (Fsp3) is 0.750. The van der Waals surface area contributed by atoms with Gasteiger partial charge in [-0.2, -0.15) is 11.8 Å². The van der Waals surface area contributed by atoms with Crippen molar-refractivity contribution in [3.8, 4) is 0 Å². The van der Waals surface area contributed by atoms with E-state index in [9.17, 15) is 5.11 Å². The van der Waals surface area contributed by atoms with Gasteiger partial charge >= 0.3 is 0 Å². The standard InChI is InChI=1S/C12H18N2OS/c15-10-3-4-12-13-9(7-14(12)8-10)6-11-2-1-5-16-11/h7,10-11,15H,1-6,8H2. The summed E-state index contributed by atoms with van der Waals surface area (Å²) in [5.41, 5.74) is 1.23. The van der Waals surface area contributed by atoms with E-state index in [0.29, 0.717) is 0 Å². The average Bonchev–Trinajstić information content (AvgIpc) is 2.86. The van der Waals surface area contributed by atoms with E-state index in [4.69, 9.17) is 0 Å². The molecule has 0 amide bonds. The zero-order chi connectivity index (χ0) is 11.0. The highest BCUT2D eigenvalue weighted by Crippen LogP contribution is 2.29. The molecule has 1 N–H and O–H groups in total. The Morgan fingerprint density at radius 2 is 2.44 bits per heavy atom. The van der Waals surface area contributed by atoms with Crippen LogP contribution in [0.4, 0.5) is 0 Å². The zero-order valence-corrected chi connectivity index (χ0v) is 10.2. The van der Waals surface area contributed by atoms with E-state index in [1.165, 1.54) is 30.1 Å². The van der Waals surface area contributed by atoms with E-state index >= 15 is 0 Å². The summed E-state index contributed by atoms with van der Waals surface area (Å²) in [5, 5.41) is 10.4. The van der Waals surface area contributed by atoms with Crippen molar-refractivity contribution in [2.75, 3.05) is 5.75 Å². The summed E-state index contributed by atoms with van der Waals surface area (Å²) in [6.45, 7) is 0.736. The van der Waals surface area contributed by atoms with Crippen molar-refractivity contribution >= 4 is 11.8 Å². The third-order valence-corrected chi connectivity index (χ3v) is 4.88. The molecule has 0 aliphatic carbocycles. The number of fused-ring (bicyclic) bond motifs is 1. The van der Waals surface area contributed by atoms with Crippen molar-refractivity contribution in [2.45, 2.75) is 50.0 Å². The fourth-order valence-electron chi connectivity index (χ4n) is 2.62. The Kier molecular flexibility index (Phi) is 2.94. The van der Waals surface area contributed by atoms with E-state index in [0.717, 1.165) is 31.1 Å². The maximum atomic E-state index is 9.60. The molecule has 0 radical (unpaired) electrons. The van der Waals surface area contributed by atoms with Gasteiger partial charge in [-0.3, -0.25) is 0 Å². The Labute approximate surface area is 100 Å². The summed E-state index contributed by atoms with van der Waals surface area (Å²) in [6, 6.07) is 0. The van der Waals surface area contributed by atoms with Gasteiger partial charge in [0.05, 0.1) is 11.8 Å². The number of aryl methyl sites for hydroxylation is 1. The first kappa shape index (κ1) is 10.7. The summed E-state index contributed by atoms with van der Waals surface area (Å²) in [4.78, 5) is 4.69. The third kappa shape index (κ3) is 2.13. The Balaban J connectivity index is 1.71. The molecule has 4 heteroatoms. The third-order valence-electron chi connectivity index (χ3n) is 3.48. The number of nitrogens with zero attached hydrogens (tertiary/aromatic N) is 2. The first-order chi connectivity index (χ1) is 7.81. The Morgan fingerprint density at radius 3 is 3.25 bits per heavy atom. The minimum Gasteiger partial charge on any atom is -0.391 e. The molecule has 0 spiro atoms. The highest BCUT2D eigenvalue weighted by atomic mass is 32.2. The molecule has 1 saturated heterocycles. The predicted molar refractivity (Wildman–Crippen MR) is 65.7 cm³/mol. The summed E-state index contributed by atoms with van der Waals surface area (Å²) in [5.74, 6) is 2.49. The number of aliphatic hydroxyl groups is 1. The smallest absolute Gasteiger partial charge is 0.109 e. The second-order valence-corrected chi connectivity index (χ2v) is 6.24. The van der Waals surface area contributed by atoms with Crippen LogP contribution in [0.1, 0.15) is 30.8 Å². The first-order valence-electron chi connectivity index (χ1n) is 6.16. The van der Waals surface area contributed by atoms with Crippen molar-refractivity contribution in [2.24, 2.45) is 0 Å². The number of imidazole rings is 1. The molecule has 1 aromatic rings. The molecule has 1 fully saturated rings. The quantitative estimate of drug-likeness (QED) is 0.851. The lowest BCUT2D eigenvalue weighted by Crippen LogP contribution is -2.23. The summed E-state index contributed by atoms with van der Waals surface area (Å²) in [6.07, 6.45) is 7.60. The van der Waals surface area contributed by atoms with Gasteiger partial charge in [0.2, 0.25) is 0 Å². The van der Waals surface area contributed by atoms with E-state index in [1.54, 1.807) is 0 Å². The van der Waals surface area contributed by atoms with Gasteiger partial charge in [-0.15, -0.1) is 0 Å². The number of thioether (sulfide) groups is 1. The lowest BCUT2D eigenvalue weighted by molar-refractivity contribution is 0.130. The molecular formula is C12H18N2OS. The van der Waals surface area contributed by atoms with Gasteiger partial charge in [-0.05, 0) is 25.0 Å². The van der Waals surface area contributed by atoms with Crippen LogP contribution < -0.4 is 0 Å². The largest absolute Gasteiger partial charge is 0.391 e. The number of hydrogen-bond donors (Lipinski definition) is 1. The molecule has 3 nitrogen and oxygen atoms in total. The second kappa shape index (κ2) is 4.41. The van der Waals surface area contributed by atoms with Crippen LogP contribution in [0.2, 0.25) is 0 Å². The van der Waals surface area contributed by atoms with Crippen molar-refractivity contribution in [1.82, 2.24) is 9.55 Å². The summed E-state index contributed by atoms with van der Waals surface area (Å²) >= 11 is 2.09. The first-order valence-corrected chi connectivity index (χ1v) is 7.21. The number of aliphatic hydroxyl groups excluding tert-OH is 1. The zero-order valence-electron chi connectivity index (χ0n) is 9.43. The molecule has 2 atom stereocenters. The lowest BCUT2D eigenvalue weighted by atomic mass is 10.1. The van der Waals surface area contributed by atoms with Gasteiger partial charge < -0.3 is 9.67 Å². The molecule has 16 heavy (non-hydrogen) atoms. The van der Waals surface area contributed by atoms with Crippen LogP contribution in [0.5, 0.6) is 0 Å². The van der Waals surface area contributed by atoms with Crippen LogP contribution in [0, 0.1) is 0 Å². The van der Waals surface area contributed by atoms with Gasteiger partial charge in [0.1, 0.15) is 5.82 Å². The van der Waals surface area contributed by atoms with Gasteiger partial charge in [0, 0.05) is 30.8 Å². The van der Waals surface area contributed by atoms with E-state index in [2.05, 4.69) is 27.5 Å². The van der Waals surface area contributed by atoms with Gasteiger partial charge in [0.15, 0.2) is 0 Å². The van der Waals surface area contributed by atoms with E-state index < -0.39 is 0 Å². The molecule has 3 heterocycles. The average molecular weight is 238 g/mol. The van der Waals surface area contributed by atoms with Crippen molar-refractivity contribution in [3.05, 3.63) is 17.7 Å². The van der Waals surface area contributed by atoms with Crippen LogP contribution in [0.3, 0.4) is 0 Å². The normalized spacial score (nSPS) is 29.3. The van der Waals surface area contributed by atoms with Crippen LogP contribution in [-0.4, -0.2) is 31.8 Å². The number of rotatable bonds is 2. The minimum atomic E-state index is -0.171. The van der Waals surface area contributed by atoms with Gasteiger partial charge in [0.25, 0.3) is 0 Å². The lowest BCUT2D eigenvalue weighted by Gasteiger charge is -2.18. The number of aromatic nitrogens is 2. The topological polar surface area (TPSA) is 38.1 Å². The summed E-state index contributed by atoms with van der Waals surface area (Å²) in [7, 11) is 0. The van der Waals surface area contributed by atoms with Gasteiger partial charge in [-0.1, -0.05) is 0 Å². The second-order valence-electron chi connectivity index (χ2n) is 4.83. The molecule has 0 saturated carbocycles. The molecule has 3 rings (SSSR count). The molecule has 0 aromatic carbocycles. The predicted octanol–water partition coefficient (Wildman–Crippen LogP) is 1.63. The minimum absolute atomic E-state index is 0.171. The van der Waals surface area contributed by atoms with Crippen LogP contribution in [0.15, 0.2) is 6.20 Å². The number of hydrogen-bond acceptors (Lipinski definition) is 3. The highest BCUT2D eigenvalue weighted by Gasteiger charge is 2.21. The summed E-state index contributed by atoms with van der Waals surface area (Å²) < 4.78 is 2.14. The molecular weight excluding hydrogens is 220 g/mol. The Bertz CT molecular complexity index is 371. The molecule has 88 valence electrons. The molecule has 2 aliphatic rings. The Morgan fingerprint density at radius 1 is 1.50 bits per heavy atom. The fourth-order valence-corrected chi connectivity index (χ4v) is 3.91. The maximum Gasteiger partial charge on any atom is 0.109 e. The molecule has 1 aromatic heterocycles. The van der Waals surface area contributed by atoms with Crippen molar-refractivity contribution in [1.29, 1.82) is 0 Å². The van der Waals surface area contributed by atoms with Gasteiger partial charge in [-0.25, -0.2) is 4.98 Å². The molecule has 0 bridgehead atoms. The monoisotopic (exact) mass is 238 g/mol. The Hall–Kier alpha value is -0.480. The van der Waals surface area contributed by atoms with Crippen LogP contribution in [0.25, 0.3) is 0 Å². The SMILES string of the molecule is OC1CCc2nc(CC3CCCS3)cn2C1. The molecule has 2 aliphatic heterocycles. The molecule has 2 unspecified atom stereocenters. The maximum absolute atomic E-state index is 9.60.